The summed E-state index contributed by atoms with van der Waals surface area (Å²) in [4.78, 5) is 22.2. The number of hydroxylamine groups is 1. The van der Waals surface area contributed by atoms with Gasteiger partial charge in [0.15, 0.2) is 0 Å². The van der Waals surface area contributed by atoms with E-state index in [0.717, 1.165) is 22.4 Å². The Hall–Kier alpha value is -4.01. The Labute approximate surface area is 238 Å². The van der Waals surface area contributed by atoms with Gasteiger partial charge in [-0.05, 0) is 59.6 Å². The predicted octanol–water partition coefficient (Wildman–Crippen LogP) is 6.56. The van der Waals surface area contributed by atoms with Crippen LogP contribution in [0.5, 0.6) is 5.75 Å². The number of ether oxygens (including phenoxy) is 1. The normalized spacial score (nSPS) is 12.5. The van der Waals surface area contributed by atoms with Crippen LogP contribution in [0.25, 0.3) is 11.3 Å². The minimum absolute atomic E-state index is 0.118. The quantitative estimate of drug-likeness (QED) is 0.167. The van der Waals surface area contributed by atoms with E-state index < -0.39 is 20.3 Å². The van der Waals surface area contributed by atoms with Crippen LogP contribution in [-0.2, 0) is 22.3 Å². The smallest absolute Gasteiger partial charge is 0.250 e. The van der Waals surface area contributed by atoms with E-state index in [2.05, 4.69) is 38.8 Å². The van der Waals surface area contributed by atoms with Crippen molar-refractivity contribution in [3.63, 3.8) is 0 Å². The first kappa shape index (κ1) is 29.0. The maximum absolute atomic E-state index is 12.9. The molecule has 7 nitrogen and oxygen atoms in total. The number of carbonyl (C=O) groups is 1. The fraction of sp³-hybridized carbons (Fsp3) is 0.281. The first-order valence-corrected chi connectivity index (χ1v) is 16.4. The molecular weight excluding hydrogens is 516 g/mol. The van der Waals surface area contributed by atoms with Crippen molar-refractivity contribution >= 4 is 20.2 Å². The first-order valence-electron chi connectivity index (χ1n) is 13.5. The molecule has 0 bridgehead atoms. The highest BCUT2D eigenvalue weighted by atomic mass is 28.4. The maximum Gasteiger partial charge on any atom is 0.250 e. The number of anilines is 1. The van der Waals surface area contributed by atoms with Crippen LogP contribution in [0.15, 0.2) is 97.2 Å². The number of rotatable bonds is 11. The van der Waals surface area contributed by atoms with E-state index in [-0.39, 0.29) is 5.04 Å². The Kier molecular flexibility index (Phi) is 9.02. The number of benzene rings is 3. The number of nitrogens with zero attached hydrogens (tertiary/aromatic N) is 3. The van der Waals surface area contributed by atoms with Crippen molar-refractivity contribution in [3.05, 3.63) is 108 Å². The molecule has 1 heterocycles. The lowest BCUT2D eigenvalue weighted by Crippen LogP contribution is -2.54. The molecule has 4 rings (SSSR count). The van der Waals surface area contributed by atoms with Gasteiger partial charge >= 0.3 is 0 Å². The van der Waals surface area contributed by atoms with Crippen molar-refractivity contribution < 1.29 is 14.1 Å². The lowest BCUT2D eigenvalue weighted by Gasteiger charge is -2.41. The summed E-state index contributed by atoms with van der Waals surface area (Å²) in [5, 5.41) is 1.43. The Morgan fingerprint density at radius 3 is 2.08 bits per heavy atom. The number of hydrogen-bond donors (Lipinski definition) is 1. The van der Waals surface area contributed by atoms with E-state index in [9.17, 15) is 4.79 Å². The van der Waals surface area contributed by atoms with Gasteiger partial charge in [-0.15, -0.1) is 0 Å². The highest BCUT2D eigenvalue weighted by Gasteiger charge is 2.43. The zero-order chi connectivity index (χ0) is 28.8. The number of amides is 1. The molecule has 0 fully saturated rings. The van der Waals surface area contributed by atoms with Crippen LogP contribution in [-0.4, -0.2) is 30.2 Å². The third-order valence-electron chi connectivity index (χ3n) is 7.25. The largest absolute Gasteiger partial charge is 0.489 e. The van der Waals surface area contributed by atoms with Crippen LogP contribution in [0.4, 0.5) is 5.95 Å². The first-order chi connectivity index (χ1) is 19.0. The fourth-order valence-electron chi connectivity index (χ4n) is 3.84. The van der Waals surface area contributed by atoms with Gasteiger partial charge in [0.2, 0.25) is 20.2 Å². The monoisotopic (exact) mass is 554 g/mol. The second-order valence-electron chi connectivity index (χ2n) is 11.3. The molecular formula is C32H38N4O3Si. The van der Waals surface area contributed by atoms with Crippen molar-refractivity contribution in [1.82, 2.24) is 9.97 Å². The Bertz CT molecular complexity index is 1390. The molecule has 40 heavy (non-hydrogen) atoms. The second-order valence-corrected chi connectivity index (χ2v) is 16.0. The molecule has 3 aromatic carbocycles. The summed E-state index contributed by atoms with van der Waals surface area (Å²) in [6.45, 7) is 11.2. The number of carbonyl (C=O) groups excluding carboxylic acids is 1. The molecule has 0 aliphatic carbocycles. The van der Waals surface area contributed by atoms with Gasteiger partial charge in [0.25, 0.3) is 0 Å². The molecule has 0 radical (unpaired) electrons. The highest BCUT2D eigenvalue weighted by molar-refractivity contribution is 6.74. The minimum atomic E-state index is -2.40. The van der Waals surface area contributed by atoms with Crippen molar-refractivity contribution in [2.45, 2.75) is 58.0 Å². The molecule has 1 atom stereocenters. The van der Waals surface area contributed by atoms with Crippen molar-refractivity contribution in [1.29, 1.82) is 0 Å². The third kappa shape index (κ3) is 7.34. The zero-order valence-electron chi connectivity index (χ0n) is 23.9. The van der Waals surface area contributed by atoms with E-state index in [1.807, 2.05) is 91.0 Å². The van der Waals surface area contributed by atoms with Crippen LogP contribution < -0.4 is 15.5 Å². The van der Waals surface area contributed by atoms with Gasteiger partial charge in [-0.25, -0.2) is 15.0 Å². The SMILES string of the molecule is CC(C)(C)[Si](C)(C)ON(c1nccc(-c2ccc(OCc3ccccc3)cc2)n1)[C@@H](Cc1ccccc1)C(N)=O. The molecule has 1 amide bonds. The van der Waals surface area contributed by atoms with Crippen LogP contribution in [0, 0.1) is 0 Å². The van der Waals surface area contributed by atoms with Crippen molar-refractivity contribution in [3.8, 4) is 17.0 Å². The molecule has 0 aliphatic rings. The summed E-state index contributed by atoms with van der Waals surface area (Å²) in [5.41, 5.74) is 9.64. The molecule has 0 saturated carbocycles. The summed E-state index contributed by atoms with van der Waals surface area (Å²) in [5.74, 6) is 0.560. The van der Waals surface area contributed by atoms with Crippen molar-refractivity contribution in [2.75, 3.05) is 5.06 Å². The van der Waals surface area contributed by atoms with Crippen molar-refractivity contribution in [2.24, 2.45) is 5.73 Å². The highest BCUT2D eigenvalue weighted by Crippen LogP contribution is 2.38. The molecule has 0 saturated heterocycles. The molecule has 1 aromatic heterocycles. The van der Waals surface area contributed by atoms with Gasteiger partial charge in [-0.3, -0.25) is 4.79 Å². The van der Waals surface area contributed by atoms with Gasteiger partial charge in [-0.2, -0.15) is 0 Å². The third-order valence-corrected chi connectivity index (χ3v) is 11.5. The van der Waals surface area contributed by atoms with Gasteiger partial charge in [0.1, 0.15) is 18.4 Å². The summed E-state index contributed by atoms with van der Waals surface area (Å²) < 4.78 is 12.6. The summed E-state index contributed by atoms with van der Waals surface area (Å²) >= 11 is 0. The summed E-state index contributed by atoms with van der Waals surface area (Å²) in [7, 11) is -2.40. The van der Waals surface area contributed by atoms with Gasteiger partial charge < -0.3 is 15.0 Å². The Morgan fingerprint density at radius 1 is 0.900 bits per heavy atom. The van der Waals surface area contributed by atoms with Gasteiger partial charge in [0, 0.05) is 18.2 Å². The maximum atomic E-state index is 12.9. The molecule has 2 N–H and O–H groups in total. The van der Waals surface area contributed by atoms with Crippen LogP contribution >= 0.6 is 0 Å². The lowest BCUT2D eigenvalue weighted by atomic mass is 10.1. The zero-order valence-corrected chi connectivity index (χ0v) is 24.9. The average Bonchev–Trinajstić information content (AvgIpc) is 2.94. The molecule has 0 spiro atoms. The molecule has 0 aliphatic heterocycles. The number of nitrogens with two attached hydrogens (primary N) is 1. The van der Waals surface area contributed by atoms with E-state index >= 15 is 0 Å². The molecule has 0 unspecified atom stereocenters. The molecule has 8 heteroatoms. The van der Waals surface area contributed by atoms with Gasteiger partial charge in [-0.1, -0.05) is 81.4 Å². The predicted molar refractivity (Wildman–Crippen MR) is 162 cm³/mol. The second kappa shape index (κ2) is 12.4. The summed E-state index contributed by atoms with van der Waals surface area (Å²) in [6, 6.07) is 28.6. The Balaban J connectivity index is 1.63. The minimum Gasteiger partial charge on any atom is -0.489 e. The summed E-state index contributed by atoms with van der Waals surface area (Å²) in [6.07, 6.45) is 2.05. The lowest BCUT2D eigenvalue weighted by molar-refractivity contribution is -0.120. The van der Waals surface area contributed by atoms with Crippen LogP contribution in [0.3, 0.4) is 0 Å². The van der Waals surface area contributed by atoms with E-state index in [4.69, 9.17) is 20.0 Å². The standard InChI is InChI=1S/C32H38N4O3Si/c1-32(2,3)40(4,5)39-36(29(30(33)37)22-24-12-8-6-9-13-24)31-34-21-20-28(35-31)26-16-18-27(19-17-26)38-23-25-14-10-7-11-15-25/h6-21,29H,22-23H2,1-5H3,(H2,33,37)/t29-/m0/s1. The van der Waals surface area contributed by atoms with Gasteiger partial charge in [0.05, 0.1) is 5.69 Å². The Morgan fingerprint density at radius 2 is 1.50 bits per heavy atom. The van der Waals surface area contributed by atoms with E-state index in [1.54, 1.807) is 11.3 Å². The van der Waals surface area contributed by atoms with E-state index in [0.29, 0.717) is 24.7 Å². The van der Waals surface area contributed by atoms with E-state index in [1.165, 1.54) is 0 Å². The average molecular weight is 555 g/mol. The number of primary amides is 1. The topological polar surface area (TPSA) is 90.6 Å². The fourth-order valence-corrected chi connectivity index (χ4v) is 4.82. The van der Waals surface area contributed by atoms with Crippen LogP contribution in [0.1, 0.15) is 31.9 Å². The molecule has 208 valence electrons. The molecule has 4 aromatic rings. The number of aromatic nitrogens is 2. The van der Waals surface area contributed by atoms with Crippen LogP contribution in [0.2, 0.25) is 18.1 Å². The number of hydrogen-bond acceptors (Lipinski definition) is 6.